The zero-order valence-corrected chi connectivity index (χ0v) is 15.1. The van der Waals surface area contributed by atoms with E-state index in [-0.39, 0.29) is 0 Å². The zero-order valence-electron chi connectivity index (χ0n) is 15.1. The zero-order chi connectivity index (χ0) is 17.8. The Balaban J connectivity index is 1.82. The highest BCUT2D eigenvalue weighted by Crippen LogP contribution is 2.42. The Morgan fingerprint density at radius 2 is 1.92 bits per heavy atom. The number of imidazole rings is 1. The Bertz CT molecular complexity index is 1110. The molecule has 5 nitrogen and oxygen atoms in total. The molecule has 0 unspecified atom stereocenters. The molecule has 1 saturated carbocycles. The minimum atomic E-state index is 0.577. The van der Waals surface area contributed by atoms with Crippen molar-refractivity contribution in [1.82, 2.24) is 20.1 Å². The van der Waals surface area contributed by atoms with Gasteiger partial charge in [-0.1, -0.05) is 11.2 Å². The first kappa shape index (κ1) is 15.3. The maximum atomic E-state index is 5.40. The smallest absolute Gasteiger partial charge is 0.141 e. The topological polar surface area (TPSA) is 67.6 Å². The lowest BCUT2D eigenvalue weighted by Gasteiger charge is -2.09. The molecular weight excluding hydrogens is 324 g/mol. The van der Waals surface area contributed by atoms with Gasteiger partial charge in [0, 0.05) is 34.5 Å². The Morgan fingerprint density at radius 1 is 1.08 bits per heavy atom. The number of aromatic nitrogens is 4. The molecule has 0 aliphatic heterocycles. The number of nitrogens with one attached hydrogen (secondary N) is 1. The third-order valence-corrected chi connectivity index (χ3v) is 5.19. The Hall–Kier alpha value is -2.95. The Morgan fingerprint density at radius 3 is 2.62 bits per heavy atom. The van der Waals surface area contributed by atoms with Crippen molar-refractivity contribution in [3.63, 3.8) is 0 Å². The van der Waals surface area contributed by atoms with Crippen LogP contribution in [0.3, 0.4) is 0 Å². The van der Waals surface area contributed by atoms with E-state index in [9.17, 15) is 0 Å². The van der Waals surface area contributed by atoms with Gasteiger partial charge < -0.3 is 9.51 Å². The minimum absolute atomic E-state index is 0.577. The summed E-state index contributed by atoms with van der Waals surface area (Å²) in [5, 5.41) is 4.12. The molecule has 3 heterocycles. The quantitative estimate of drug-likeness (QED) is 0.562. The molecule has 26 heavy (non-hydrogen) atoms. The van der Waals surface area contributed by atoms with Gasteiger partial charge >= 0.3 is 0 Å². The number of hydrogen-bond acceptors (Lipinski definition) is 4. The van der Waals surface area contributed by atoms with Crippen LogP contribution in [0.4, 0.5) is 0 Å². The molecule has 5 heteroatoms. The summed E-state index contributed by atoms with van der Waals surface area (Å²) in [6.07, 6.45) is 4.27. The lowest BCUT2D eigenvalue weighted by Crippen LogP contribution is -1.90. The van der Waals surface area contributed by atoms with E-state index in [0.717, 1.165) is 56.3 Å². The second kappa shape index (κ2) is 5.53. The average molecular weight is 344 g/mol. The maximum Gasteiger partial charge on any atom is 0.141 e. The van der Waals surface area contributed by atoms with Crippen LogP contribution in [-0.2, 0) is 0 Å². The highest BCUT2D eigenvalue weighted by molar-refractivity contribution is 5.97. The van der Waals surface area contributed by atoms with Crippen LogP contribution in [0.15, 0.2) is 35.0 Å². The van der Waals surface area contributed by atoms with Crippen molar-refractivity contribution >= 4 is 11.0 Å². The minimum Gasteiger partial charge on any atom is -0.361 e. The molecule has 0 spiro atoms. The molecule has 0 amide bonds. The summed E-state index contributed by atoms with van der Waals surface area (Å²) in [5.41, 5.74) is 8.33. The van der Waals surface area contributed by atoms with Crippen molar-refractivity contribution in [3.05, 3.63) is 53.4 Å². The van der Waals surface area contributed by atoms with Gasteiger partial charge in [0.1, 0.15) is 11.6 Å². The standard InChI is InChI=1S/C21H20N4O/c1-11-16(5-4-8-22-11)17-9-15(19-12(2)25-26-13(19)3)10-18-20(17)24-21(23-18)14-6-7-14/h4-5,8-10,14H,6-7H2,1-3H3,(H,23,24). The van der Waals surface area contributed by atoms with Crippen LogP contribution in [0.25, 0.3) is 33.3 Å². The number of hydrogen-bond donors (Lipinski definition) is 1. The van der Waals surface area contributed by atoms with Gasteiger partial charge in [-0.05, 0) is 57.4 Å². The van der Waals surface area contributed by atoms with E-state index in [1.165, 1.54) is 12.8 Å². The molecule has 0 saturated heterocycles. The van der Waals surface area contributed by atoms with Gasteiger partial charge in [0.05, 0.1) is 16.7 Å². The predicted octanol–water partition coefficient (Wildman–Crippen LogP) is 5.08. The summed E-state index contributed by atoms with van der Waals surface area (Å²) >= 11 is 0. The maximum absolute atomic E-state index is 5.40. The molecule has 1 aliphatic rings. The van der Waals surface area contributed by atoms with Gasteiger partial charge in [-0.15, -0.1) is 0 Å². The summed E-state index contributed by atoms with van der Waals surface area (Å²) < 4.78 is 5.40. The van der Waals surface area contributed by atoms with Crippen LogP contribution in [0, 0.1) is 20.8 Å². The van der Waals surface area contributed by atoms with Gasteiger partial charge in [0.15, 0.2) is 0 Å². The van der Waals surface area contributed by atoms with Crippen molar-refractivity contribution in [2.24, 2.45) is 0 Å². The van der Waals surface area contributed by atoms with Crippen LogP contribution in [-0.4, -0.2) is 20.1 Å². The second-order valence-corrected chi connectivity index (χ2v) is 7.15. The average Bonchev–Trinajstić information content (AvgIpc) is 3.30. The second-order valence-electron chi connectivity index (χ2n) is 7.15. The van der Waals surface area contributed by atoms with Gasteiger partial charge in [-0.2, -0.15) is 0 Å². The van der Waals surface area contributed by atoms with E-state index < -0.39 is 0 Å². The summed E-state index contributed by atoms with van der Waals surface area (Å²) in [4.78, 5) is 13.0. The van der Waals surface area contributed by atoms with E-state index in [1.807, 2.05) is 33.0 Å². The summed E-state index contributed by atoms with van der Waals surface area (Å²) in [6, 6.07) is 8.44. The largest absolute Gasteiger partial charge is 0.361 e. The van der Waals surface area contributed by atoms with Crippen molar-refractivity contribution < 1.29 is 4.52 Å². The SMILES string of the molecule is Cc1ncccc1-c1cc(-c2c(C)noc2C)cc2[nH]c(C3CC3)nc12. The van der Waals surface area contributed by atoms with E-state index >= 15 is 0 Å². The van der Waals surface area contributed by atoms with E-state index in [0.29, 0.717) is 5.92 Å². The fourth-order valence-electron chi connectivity index (χ4n) is 3.70. The molecule has 1 N–H and O–H groups in total. The number of benzene rings is 1. The van der Waals surface area contributed by atoms with Crippen molar-refractivity contribution in [2.45, 2.75) is 39.5 Å². The first-order valence-corrected chi connectivity index (χ1v) is 9.00. The van der Waals surface area contributed by atoms with Crippen molar-refractivity contribution in [1.29, 1.82) is 0 Å². The molecule has 4 aromatic rings. The van der Waals surface area contributed by atoms with Crippen LogP contribution in [0.1, 0.15) is 41.7 Å². The number of fused-ring (bicyclic) bond motifs is 1. The highest BCUT2D eigenvalue weighted by atomic mass is 16.5. The van der Waals surface area contributed by atoms with Crippen LogP contribution >= 0.6 is 0 Å². The van der Waals surface area contributed by atoms with Crippen LogP contribution < -0.4 is 0 Å². The third kappa shape index (κ3) is 2.35. The summed E-state index contributed by atoms with van der Waals surface area (Å²) in [5.74, 6) is 2.50. The first-order chi connectivity index (χ1) is 12.6. The van der Waals surface area contributed by atoms with Crippen molar-refractivity contribution in [2.75, 3.05) is 0 Å². The van der Waals surface area contributed by atoms with E-state index in [1.54, 1.807) is 0 Å². The Kier molecular flexibility index (Phi) is 3.26. The monoisotopic (exact) mass is 344 g/mol. The number of aryl methyl sites for hydroxylation is 3. The van der Waals surface area contributed by atoms with Gasteiger partial charge in [0.2, 0.25) is 0 Å². The molecule has 1 aliphatic carbocycles. The normalized spacial score (nSPS) is 14.3. The number of pyridine rings is 1. The predicted molar refractivity (Wildman–Crippen MR) is 101 cm³/mol. The Labute approximate surface area is 151 Å². The first-order valence-electron chi connectivity index (χ1n) is 9.00. The highest BCUT2D eigenvalue weighted by Gasteiger charge is 2.28. The summed E-state index contributed by atoms with van der Waals surface area (Å²) in [6.45, 7) is 5.98. The van der Waals surface area contributed by atoms with E-state index in [2.05, 4.69) is 33.3 Å². The summed E-state index contributed by atoms with van der Waals surface area (Å²) in [7, 11) is 0. The fourth-order valence-corrected chi connectivity index (χ4v) is 3.70. The van der Waals surface area contributed by atoms with Gasteiger partial charge in [0.25, 0.3) is 0 Å². The number of rotatable bonds is 3. The fraction of sp³-hybridized carbons (Fsp3) is 0.286. The molecule has 0 radical (unpaired) electrons. The molecule has 3 aromatic heterocycles. The van der Waals surface area contributed by atoms with Crippen LogP contribution in [0.2, 0.25) is 0 Å². The van der Waals surface area contributed by atoms with Gasteiger partial charge in [-0.3, -0.25) is 4.98 Å². The molecule has 1 aromatic carbocycles. The van der Waals surface area contributed by atoms with Crippen molar-refractivity contribution in [3.8, 4) is 22.3 Å². The molecular formula is C21H20N4O. The molecule has 1 fully saturated rings. The lowest BCUT2D eigenvalue weighted by atomic mass is 9.96. The molecule has 0 bridgehead atoms. The number of nitrogens with zero attached hydrogens (tertiary/aromatic N) is 3. The number of aromatic amines is 1. The number of H-pyrrole nitrogens is 1. The lowest BCUT2D eigenvalue weighted by molar-refractivity contribution is 0.393. The molecule has 130 valence electrons. The molecule has 5 rings (SSSR count). The third-order valence-electron chi connectivity index (χ3n) is 5.19. The molecule has 0 atom stereocenters. The van der Waals surface area contributed by atoms with Gasteiger partial charge in [-0.25, -0.2) is 4.98 Å². The van der Waals surface area contributed by atoms with Crippen LogP contribution in [0.5, 0.6) is 0 Å². The van der Waals surface area contributed by atoms with E-state index in [4.69, 9.17) is 9.51 Å².